The largest absolute Gasteiger partial charge is 0.378 e. The summed E-state index contributed by atoms with van der Waals surface area (Å²) in [5, 5.41) is 3.20. The van der Waals surface area contributed by atoms with Crippen LogP contribution in [0.25, 0.3) is 0 Å². The molecule has 2 atom stereocenters. The maximum atomic E-state index is 12.2. The Morgan fingerprint density at radius 3 is 2.65 bits per heavy atom. The molecular weight excluding hydrogens is 216 g/mol. The SMILES string of the molecule is CC1CC(C(=O)NC2(CN)CCCCC2)CO1. The number of nitrogens with two attached hydrogens (primary N) is 1. The van der Waals surface area contributed by atoms with Crippen LogP contribution in [0.15, 0.2) is 0 Å². The first-order valence-electron chi connectivity index (χ1n) is 6.79. The van der Waals surface area contributed by atoms with Crippen LogP contribution in [0.1, 0.15) is 45.4 Å². The van der Waals surface area contributed by atoms with Crippen molar-refractivity contribution in [2.75, 3.05) is 13.2 Å². The normalized spacial score (nSPS) is 32.4. The highest BCUT2D eigenvalue weighted by molar-refractivity contribution is 5.80. The number of carbonyl (C=O) groups excluding carboxylic acids is 1. The summed E-state index contributed by atoms with van der Waals surface area (Å²) in [7, 11) is 0. The van der Waals surface area contributed by atoms with E-state index in [1.807, 2.05) is 6.92 Å². The molecule has 2 rings (SSSR count). The number of ether oxygens (including phenoxy) is 1. The van der Waals surface area contributed by atoms with Crippen molar-refractivity contribution in [3.63, 3.8) is 0 Å². The second kappa shape index (κ2) is 5.36. The van der Waals surface area contributed by atoms with E-state index in [1.54, 1.807) is 0 Å². The standard InChI is InChI=1S/C13H24N2O2/c1-10-7-11(8-17-10)12(16)15-13(9-14)5-3-2-4-6-13/h10-11H,2-9,14H2,1H3,(H,15,16). The van der Waals surface area contributed by atoms with Crippen molar-refractivity contribution < 1.29 is 9.53 Å². The van der Waals surface area contributed by atoms with Gasteiger partial charge < -0.3 is 15.8 Å². The maximum absolute atomic E-state index is 12.2. The third-order valence-corrected chi connectivity index (χ3v) is 4.16. The fourth-order valence-electron chi connectivity index (χ4n) is 2.97. The molecule has 0 spiro atoms. The predicted molar refractivity (Wildman–Crippen MR) is 66.5 cm³/mol. The van der Waals surface area contributed by atoms with Gasteiger partial charge in [0.1, 0.15) is 0 Å². The van der Waals surface area contributed by atoms with Crippen LogP contribution in [0.2, 0.25) is 0 Å². The second-order valence-corrected chi connectivity index (χ2v) is 5.61. The summed E-state index contributed by atoms with van der Waals surface area (Å²) in [6, 6.07) is 0. The van der Waals surface area contributed by atoms with Gasteiger partial charge in [-0.05, 0) is 26.2 Å². The summed E-state index contributed by atoms with van der Waals surface area (Å²) in [5.74, 6) is 0.164. The Morgan fingerprint density at radius 1 is 1.41 bits per heavy atom. The van der Waals surface area contributed by atoms with Gasteiger partial charge in [-0.1, -0.05) is 19.3 Å². The van der Waals surface area contributed by atoms with E-state index < -0.39 is 0 Å². The van der Waals surface area contributed by atoms with E-state index in [1.165, 1.54) is 19.3 Å². The fraction of sp³-hybridized carbons (Fsp3) is 0.923. The van der Waals surface area contributed by atoms with Gasteiger partial charge >= 0.3 is 0 Å². The van der Waals surface area contributed by atoms with Crippen molar-refractivity contribution in [3.05, 3.63) is 0 Å². The summed E-state index contributed by atoms with van der Waals surface area (Å²) < 4.78 is 5.45. The Morgan fingerprint density at radius 2 is 2.12 bits per heavy atom. The van der Waals surface area contributed by atoms with E-state index >= 15 is 0 Å². The Labute approximate surface area is 103 Å². The smallest absolute Gasteiger partial charge is 0.226 e. The zero-order valence-corrected chi connectivity index (χ0v) is 10.7. The first kappa shape index (κ1) is 12.8. The third-order valence-electron chi connectivity index (χ3n) is 4.16. The number of nitrogens with one attached hydrogen (secondary N) is 1. The van der Waals surface area contributed by atoms with E-state index in [9.17, 15) is 4.79 Å². The number of hydrogen-bond acceptors (Lipinski definition) is 3. The molecule has 17 heavy (non-hydrogen) atoms. The number of rotatable bonds is 3. The van der Waals surface area contributed by atoms with E-state index in [-0.39, 0.29) is 23.5 Å². The number of hydrogen-bond donors (Lipinski definition) is 2. The van der Waals surface area contributed by atoms with Crippen molar-refractivity contribution in [1.29, 1.82) is 0 Å². The molecule has 1 saturated carbocycles. The number of carbonyl (C=O) groups is 1. The zero-order chi connectivity index (χ0) is 12.3. The molecule has 1 saturated heterocycles. The van der Waals surface area contributed by atoms with E-state index in [0.29, 0.717) is 13.2 Å². The summed E-state index contributed by atoms with van der Waals surface area (Å²) in [4.78, 5) is 12.2. The molecule has 0 aromatic carbocycles. The van der Waals surface area contributed by atoms with Gasteiger partial charge in [0.15, 0.2) is 0 Å². The lowest BCUT2D eigenvalue weighted by atomic mass is 9.81. The quantitative estimate of drug-likeness (QED) is 0.779. The molecule has 2 aliphatic rings. The van der Waals surface area contributed by atoms with Gasteiger partial charge in [-0.2, -0.15) is 0 Å². The highest BCUT2D eigenvalue weighted by atomic mass is 16.5. The molecule has 0 aromatic heterocycles. The van der Waals surface area contributed by atoms with Gasteiger partial charge in [0.05, 0.1) is 24.2 Å². The van der Waals surface area contributed by atoms with Gasteiger partial charge in [-0.15, -0.1) is 0 Å². The minimum atomic E-state index is -0.138. The summed E-state index contributed by atoms with van der Waals surface area (Å²) in [6.07, 6.45) is 6.72. The molecular formula is C13H24N2O2. The van der Waals surface area contributed by atoms with Crippen LogP contribution < -0.4 is 11.1 Å². The molecule has 1 amide bonds. The molecule has 1 aliphatic heterocycles. The Hall–Kier alpha value is -0.610. The first-order valence-corrected chi connectivity index (χ1v) is 6.79. The van der Waals surface area contributed by atoms with Crippen LogP contribution in [0.4, 0.5) is 0 Å². The average Bonchev–Trinajstić information content (AvgIpc) is 2.77. The highest BCUT2D eigenvalue weighted by Gasteiger charge is 2.36. The van der Waals surface area contributed by atoms with E-state index in [0.717, 1.165) is 19.3 Å². The van der Waals surface area contributed by atoms with Crippen molar-refractivity contribution >= 4 is 5.91 Å². The lowest BCUT2D eigenvalue weighted by molar-refractivity contribution is -0.127. The first-order chi connectivity index (χ1) is 8.15. The average molecular weight is 240 g/mol. The highest BCUT2D eigenvalue weighted by Crippen LogP contribution is 2.28. The zero-order valence-electron chi connectivity index (χ0n) is 10.7. The number of amides is 1. The van der Waals surface area contributed by atoms with Gasteiger partial charge in [0, 0.05) is 6.54 Å². The van der Waals surface area contributed by atoms with Crippen molar-refractivity contribution in [1.82, 2.24) is 5.32 Å². The van der Waals surface area contributed by atoms with Gasteiger partial charge in [0.25, 0.3) is 0 Å². The molecule has 2 unspecified atom stereocenters. The van der Waals surface area contributed by atoms with Crippen molar-refractivity contribution in [3.8, 4) is 0 Å². The fourth-order valence-corrected chi connectivity index (χ4v) is 2.97. The van der Waals surface area contributed by atoms with Crippen LogP contribution in [-0.4, -0.2) is 30.7 Å². The molecule has 3 N–H and O–H groups in total. The van der Waals surface area contributed by atoms with Gasteiger partial charge in [-0.25, -0.2) is 0 Å². The van der Waals surface area contributed by atoms with E-state index in [2.05, 4.69) is 5.32 Å². The lowest BCUT2D eigenvalue weighted by Crippen LogP contribution is -2.56. The monoisotopic (exact) mass is 240 g/mol. The minimum absolute atomic E-state index is 0.0235. The third kappa shape index (κ3) is 2.99. The van der Waals surface area contributed by atoms with Gasteiger partial charge in [0.2, 0.25) is 5.91 Å². The summed E-state index contributed by atoms with van der Waals surface area (Å²) >= 11 is 0. The van der Waals surface area contributed by atoms with Crippen LogP contribution in [-0.2, 0) is 9.53 Å². The van der Waals surface area contributed by atoms with Crippen LogP contribution in [0.3, 0.4) is 0 Å². The Balaban J connectivity index is 1.91. The summed E-state index contributed by atoms with van der Waals surface area (Å²) in [5.41, 5.74) is 5.73. The molecule has 0 radical (unpaired) electrons. The molecule has 1 heterocycles. The second-order valence-electron chi connectivity index (χ2n) is 5.61. The predicted octanol–water partition coefficient (Wildman–Crippen LogP) is 1.19. The van der Waals surface area contributed by atoms with Gasteiger partial charge in [-0.3, -0.25) is 4.79 Å². The van der Waals surface area contributed by atoms with Crippen LogP contribution in [0, 0.1) is 5.92 Å². The molecule has 0 aromatic rings. The summed E-state index contributed by atoms with van der Waals surface area (Å²) in [6.45, 7) is 3.14. The minimum Gasteiger partial charge on any atom is -0.378 e. The van der Waals surface area contributed by atoms with Crippen molar-refractivity contribution in [2.24, 2.45) is 11.7 Å². The topological polar surface area (TPSA) is 64.4 Å². The van der Waals surface area contributed by atoms with E-state index in [4.69, 9.17) is 10.5 Å². The van der Waals surface area contributed by atoms with Crippen molar-refractivity contribution in [2.45, 2.75) is 57.1 Å². The molecule has 98 valence electrons. The molecule has 1 aliphatic carbocycles. The molecule has 4 heteroatoms. The lowest BCUT2D eigenvalue weighted by Gasteiger charge is -2.37. The van der Waals surface area contributed by atoms with Crippen LogP contribution >= 0.6 is 0 Å². The Kier molecular flexibility index (Phi) is 4.05. The molecule has 2 fully saturated rings. The molecule has 0 bridgehead atoms. The Bertz CT molecular complexity index is 275. The maximum Gasteiger partial charge on any atom is 0.226 e. The van der Waals surface area contributed by atoms with Crippen LogP contribution in [0.5, 0.6) is 0 Å². The molecule has 4 nitrogen and oxygen atoms in total.